The molecule has 0 amide bonds. The summed E-state index contributed by atoms with van der Waals surface area (Å²) in [5.41, 5.74) is 16.9. The van der Waals surface area contributed by atoms with Crippen LogP contribution in [0.1, 0.15) is 22.3 Å². The van der Waals surface area contributed by atoms with Crippen molar-refractivity contribution in [2.75, 3.05) is 0 Å². The van der Waals surface area contributed by atoms with Gasteiger partial charge in [0.2, 0.25) is 0 Å². The maximum atomic E-state index is 5.34. The maximum Gasteiger partial charge on any atom is 0.161 e. The van der Waals surface area contributed by atoms with Crippen LogP contribution in [0.5, 0.6) is 0 Å². The summed E-state index contributed by atoms with van der Waals surface area (Å²) in [5, 5.41) is 4.76. The molecule has 1 heterocycles. The van der Waals surface area contributed by atoms with E-state index in [0.29, 0.717) is 5.82 Å². The monoisotopic (exact) mass is 800 g/mol. The smallest absolute Gasteiger partial charge is 0.161 e. The molecule has 63 heavy (non-hydrogen) atoms. The highest BCUT2D eigenvalue weighted by atomic mass is 14.9. The van der Waals surface area contributed by atoms with Crippen LogP contribution in [0, 0.1) is 0 Å². The van der Waals surface area contributed by atoms with E-state index in [-0.39, 0.29) is 0 Å². The molecular formula is C61H40N2. The van der Waals surface area contributed by atoms with Crippen molar-refractivity contribution in [2.24, 2.45) is 0 Å². The second kappa shape index (κ2) is 15.1. The summed E-state index contributed by atoms with van der Waals surface area (Å²) >= 11 is 0. The van der Waals surface area contributed by atoms with Crippen molar-refractivity contribution in [3.8, 4) is 67.3 Å². The standard InChI is InChI=1S/C61H40N2/c1-4-18-43(19-5-1)58-40-59(44-33-31-42(32-34-44)49-29-16-20-41-17-10-11-25-48(41)49)63-60(62-58)54-37-36-50(51-26-12-13-27-52(51)54)45-35-38-57-55(39-45)53-28-14-15-30-56(53)61(57,46-21-6-2-7-22-46)47-23-8-3-9-24-47/h1-40H. The third kappa shape index (κ3) is 6.02. The van der Waals surface area contributed by atoms with Crippen molar-refractivity contribution in [1.29, 1.82) is 0 Å². The molecule has 0 bridgehead atoms. The van der Waals surface area contributed by atoms with Crippen LogP contribution in [-0.4, -0.2) is 9.97 Å². The van der Waals surface area contributed by atoms with Gasteiger partial charge in [0, 0.05) is 16.7 Å². The van der Waals surface area contributed by atoms with E-state index in [2.05, 4.69) is 237 Å². The second-order valence-corrected chi connectivity index (χ2v) is 16.4. The molecule has 1 aliphatic carbocycles. The molecule has 0 unspecified atom stereocenters. The zero-order chi connectivity index (χ0) is 41.7. The van der Waals surface area contributed by atoms with Gasteiger partial charge in [-0.3, -0.25) is 0 Å². The Morgan fingerprint density at radius 2 is 0.746 bits per heavy atom. The van der Waals surface area contributed by atoms with E-state index in [1.165, 1.54) is 66.4 Å². The molecule has 1 aliphatic rings. The molecule has 2 heteroatoms. The normalized spacial score (nSPS) is 12.6. The number of nitrogens with zero attached hydrogens (tertiary/aromatic N) is 2. The Labute approximate surface area is 367 Å². The first kappa shape index (κ1) is 36.6. The van der Waals surface area contributed by atoms with E-state index in [9.17, 15) is 0 Å². The molecule has 0 atom stereocenters. The van der Waals surface area contributed by atoms with Crippen molar-refractivity contribution < 1.29 is 0 Å². The van der Waals surface area contributed by atoms with Gasteiger partial charge in [0.1, 0.15) is 0 Å². The molecule has 0 aliphatic heterocycles. The van der Waals surface area contributed by atoms with Crippen LogP contribution in [0.25, 0.3) is 88.8 Å². The summed E-state index contributed by atoms with van der Waals surface area (Å²) in [7, 11) is 0. The van der Waals surface area contributed by atoms with E-state index < -0.39 is 5.41 Å². The predicted octanol–water partition coefficient (Wildman–Crippen LogP) is 15.5. The summed E-state index contributed by atoms with van der Waals surface area (Å²) in [6.45, 7) is 0. The molecule has 294 valence electrons. The highest BCUT2D eigenvalue weighted by Gasteiger charge is 2.46. The molecule has 0 N–H and O–H groups in total. The van der Waals surface area contributed by atoms with Crippen molar-refractivity contribution in [3.63, 3.8) is 0 Å². The second-order valence-electron chi connectivity index (χ2n) is 16.4. The molecule has 12 rings (SSSR count). The molecule has 0 saturated carbocycles. The lowest BCUT2D eigenvalue weighted by Gasteiger charge is -2.33. The molecule has 10 aromatic carbocycles. The van der Waals surface area contributed by atoms with Crippen LogP contribution in [0.2, 0.25) is 0 Å². The first-order chi connectivity index (χ1) is 31.2. The Balaban J connectivity index is 0.994. The molecule has 0 spiro atoms. The van der Waals surface area contributed by atoms with Gasteiger partial charge in [-0.1, -0.05) is 224 Å². The third-order valence-electron chi connectivity index (χ3n) is 13.0. The maximum absolute atomic E-state index is 5.34. The fourth-order valence-corrected chi connectivity index (χ4v) is 10.1. The Morgan fingerprint density at radius 1 is 0.270 bits per heavy atom. The number of fused-ring (bicyclic) bond motifs is 5. The topological polar surface area (TPSA) is 25.8 Å². The number of aromatic nitrogens is 2. The van der Waals surface area contributed by atoms with Gasteiger partial charge in [-0.25, -0.2) is 9.97 Å². The molecular weight excluding hydrogens is 761 g/mol. The number of hydrogen-bond acceptors (Lipinski definition) is 2. The summed E-state index contributed by atoms with van der Waals surface area (Å²) in [4.78, 5) is 10.6. The summed E-state index contributed by atoms with van der Waals surface area (Å²) in [6.07, 6.45) is 0. The lowest BCUT2D eigenvalue weighted by molar-refractivity contribution is 0.768. The number of rotatable bonds is 7. The Morgan fingerprint density at radius 3 is 1.46 bits per heavy atom. The molecule has 2 nitrogen and oxygen atoms in total. The molecule has 0 radical (unpaired) electrons. The fraction of sp³-hybridized carbons (Fsp3) is 0.0164. The van der Waals surface area contributed by atoms with E-state index in [1.54, 1.807) is 0 Å². The lowest BCUT2D eigenvalue weighted by atomic mass is 9.67. The van der Waals surface area contributed by atoms with Crippen LogP contribution in [0.15, 0.2) is 243 Å². The average molecular weight is 801 g/mol. The van der Waals surface area contributed by atoms with Gasteiger partial charge in [-0.15, -0.1) is 0 Å². The molecule has 1 aromatic heterocycles. The fourth-order valence-electron chi connectivity index (χ4n) is 10.1. The van der Waals surface area contributed by atoms with Gasteiger partial charge in [-0.2, -0.15) is 0 Å². The van der Waals surface area contributed by atoms with Crippen LogP contribution in [-0.2, 0) is 5.41 Å². The Hall–Kier alpha value is -8.20. The Bertz CT molecular complexity index is 3440. The van der Waals surface area contributed by atoms with Gasteiger partial charge < -0.3 is 0 Å². The quantitative estimate of drug-likeness (QED) is 0.160. The third-order valence-corrected chi connectivity index (χ3v) is 13.0. The van der Waals surface area contributed by atoms with Gasteiger partial charge >= 0.3 is 0 Å². The average Bonchev–Trinajstić information content (AvgIpc) is 3.67. The van der Waals surface area contributed by atoms with Crippen LogP contribution in [0.3, 0.4) is 0 Å². The van der Waals surface area contributed by atoms with Crippen molar-refractivity contribution >= 4 is 21.5 Å². The van der Waals surface area contributed by atoms with Crippen molar-refractivity contribution in [2.45, 2.75) is 5.41 Å². The summed E-state index contributed by atoms with van der Waals surface area (Å²) in [6, 6.07) is 87.6. The van der Waals surface area contributed by atoms with Gasteiger partial charge in [-0.05, 0) is 95.4 Å². The van der Waals surface area contributed by atoms with Crippen LogP contribution in [0.4, 0.5) is 0 Å². The SMILES string of the molecule is c1ccc(-c2cc(-c3ccc(-c4cccc5ccccc45)cc3)nc(-c3ccc(-c4ccc5c(c4)-c4ccccc4C5(c4ccccc4)c4ccccc4)c4ccccc34)n2)cc1. The van der Waals surface area contributed by atoms with E-state index >= 15 is 0 Å². The van der Waals surface area contributed by atoms with E-state index in [1.807, 2.05) is 6.07 Å². The van der Waals surface area contributed by atoms with Gasteiger partial charge in [0.05, 0.1) is 16.8 Å². The van der Waals surface area contributed by atoms with Gasteiger partial charge in [0.25, 0.3) is 0 Å². The minimum atomic E-state index is -0.437. The highest BCUT2D eigenvalue weighted by molar-refractivity contribution is 6.05. The van der Waals surface area contributed by atoms with Crippen molar-refractivity contribution in [1.82, 2.24) is 9.97 Å². The number of benzene rings is 10. The predicted molar refractivity (Wildman–Crippen MR) is 262 cm³/mol. The largest absolute Gasteiger partial charge is 0.228 e. The minimum absolute atomic E-state index is 0.437. The zero-order valence-electron chi connectivity index (χ0n) is 34.5. The highest BCUT2D eigenvalue weighted by Crippen LogP contribution is 2.57. The molecule has 11 aromatic rings. The van der Waals surface area contributed by atoms with Crippen LogP contribution >= 0.6 is 0 Å². The minimum Gasteiger partial charge on any atom is -0.228 e. The first-order valence-corrected chi connectivity index (χ1v) is 21.6. The van der Waals surface area contributed by atoms with Gasteiger partial charge in [0.15, 0.2) is 5.82 Å². The first-order valence-electron chi connectivity index (χ1n) is 21.6. The zero-order valence-corrected chi connectivity index (χ0v) is 34.5. The summed E-state index contributed by atoms with van der Waals surface area (Å²) in [5.74, 6) is 0.700. The lowest BCUT2D eigenvalue weighted by Crippen LogP contribution is -2.28. The van der Waals surface area contributed by atoms with E-state index in [0.717, 1.165) is 38.9 Å². The molecule has 0 saturated heterocycles. The van der Waals surface area contributed by atoms with Crippen LogP contribution < -0.4 is 0 Å². The van der Waals surface area contributed by atoms with Crippen molar-refractivity contribution in [3.05, 3.63) is 265 Å². The van der Waals surface area contributed by atoms with E-state index in [4.69, 9.17) is 9.97 Å². The molecule has 0 fully saturated rings. The number of hydrogen-bond donors (Lipinski definition) is 0. The Kier molecular flexibility index (Phi) is 8.76. The summed E-state index contributed by atoms with van der Waals surface area (Å²) < 4.78 is 0.